The van der Waals surface area contributed by atoms with Gasteiger partial charge in [-0.2, -0.15) is 5.26 Å². The molecule has 1 aromatic heterocycles. The Hall–Kier alpha value is -2.64. The number of rotatable bonds is 2. The molecule has 25 heavy (non-hydrogen) atoms. The number of nitrogens with zero attached hydrogens (tertiary/aromatic N) is 4. The minimum Gasteiger partial charge on any atom is -0.355 e. The van der Waals surface area contributed by atoms with E-state index in [0.717, 1.165) is 53.8 Å². The molecule has 1 saturated heterocycles. The lowest BCUT2D eigenvalue weighted by atomic mass is 9.97. The summed E-state index contributed by atoms with van der Waals surface area (Å²) in [6.07, 6.45) is 3.58. The van der Waals surface area contributed by atoms with Crippen LogP contribution in [0.4, 0.5) is 5.82 Å². The van der Waals surface area contributed by atoms with Crippen LogP contribution in [0.2, 0.25) is 5.02 Å². The molecule has 5 heteroatoms. The van der Waals surface area contributed by atoms with Gasteiger partial charge < -0.3 is 4.90 Å². The van der Waals surface area contributed by atoms with Gasteiger partial charge in [0.15, 0.2) is 0 Å². The first kappa shape index (κ1) is 15.9. The average molecular weight is 349 g/mol. The summed E-state index contributed by atoms with van der Waals surface area (Å²) in [5.41, 5.74) is 3.08. The molecule has 1 fully saturated rings. The minimum absolute atomic E-state index is 0.0569. The highest BCUT2D eigenvalue weighted by atomic mass is 35.5. The average Bonchev–Trinajstić information content (AvgIpc) is 2.68. The summed E-state index contributed by atoms with van der Waals surface area (Å²) in [5, 5.41) is 11.1. The fourth-order valence-electron chi connectivity index (χ4n) is 3.48. The summed E-state index contributed by atoms with van der Waals surface area (Å²) in [5.74, 6) is 0.969. The van der Waals surface area contributed by atoms with E-state index in [2.05, 4.69) is 27.0 Å². The number of aromatic nitrogens is 2. The molecule has 0 N–H and O–H groups in total. The van der Waals surface area contributed by atoms with E-state index in [4.69, 9.17) is 11.6 Å². The molecule has 4 nitrogen and oxygen atoms in total. The third kappa shape index (κ3) is 3.04. The van der Waals surface area contributed by atoms with Crippen LogP contribution in [0, 0.1) is 17.2 Å². The molecule has 2 aromatic carbocycles. The van der Waals surface area contributed by atoms with Gasteiger partial charge in [0, 0.05) is 18.1 Å². The van der Waals surface area contributed by atoms with Gasteiger partial charge >= 0.3 is 0 Å². The van der Waals surface area contributed by atoms with E-state index in [0.29, 0.717) is 5.02 Å². The van der Waals surface area contributed by atoms with Crippen LogP contribution >= 0.6 is 11.6 Å². The quantitative estimate of drug-likeness (QED) is 0.674. The van der Waals surface area contributed by atoms with Crippen molar-refractivity contribution in [2.45, 2.75) is 12.8 Å². The van der Waals surface area contributed by atoms with Gasteiger partial charge in [0.25, 0.3) is 0 Å². The fourth-order valence-corrected chi connectivity index (χ4v) is 3.60. The van der Waals surface area contributed by atoms with Crippen LogP contribution in [0.1, 0.15) is 12.8 Å². The Balaban J connectivity index is 1.88. The normalized spacial score (nSPS) is 17.4. The van der Waals surface area contributed by atoms with Crippen molar-refractivity contribution in [2.75, 3.05) is 18.0 Å². The van der Waals surface area contributed by atoms with Crippen LogP contribution in [0.15, 0.2) is 48.8 Å². The molecule has 1 aliphatic rings. The maximum atomic E-state index is 9.31. The Morgan fingerprint density at radius 1 is 1.12 bits per heavy atom. The number of hydrogen-bond acceptors (Lipinski definition) is 4. The smallest absolute Gasteiger partial charge is 0.140 e. The summed E-state index contributed by atoms with van der Waals surface area (Å²) in [6.45, 7) is 1.64. The second kappa shape index (κ2) is 6.70. The van der Waals surface area contributed by atoms with Crippen molar-refractivity contribution in [3.63, 3.8) is 0 Å². The number of anilines is 1. The van der Waals surface area contributed by atoms with Gasteiger partial charge in [-0.3, -0.25) is 0 Å². The Morgan fingerprint density at radius 2 is 1.96 bits per heavy atom. The molecule has 1 unspecified atom stereocenters. The van der Waals surface area contributed by atoms with Crippen molar-refractivity contribution in [2.24, 2.45) is 5.92 Å². The van der Waals surface area contributed by atoms with Crippen LogP contribution in [0.25, 0.3) is 22.0 Å². The molecular weight excluding hydrogens is 332 g/mol. The van der Waals surface area contributed by atoms with E-state index in [1.165, 1.54) is 0 Å². The van der Waals surface area contributed by atoms with Crippen molar-refractivity contribution in [3.8, 4) is 17.2 Å². The van der Waals surface area contributed by atoms with Gasteiger partial charge in [-0.1, -0.05) is 35.9 Å². The molecule has 0 aliphatic carbocycles. The first-order chi connectivity index (χ1) is 12.3. The Kier molecular flexibility index (Phi) is 4.25. The third-order valence-corrected chi connectivity index (χ3v) is 4.95. The van der Waals surface area contributed by atoms with Crippen molar-refractivity contribution in [3.05, 3.63) is 53.8 Å². The summed E-state index contributed by atoms with van der Waals surface area (Å²) in [6, 6.07) is 16.3. The maximum Gasteiger partial charge on any atom is 0.140 e. The molecule has 4 rings (SSSR count). The first-order valence-corrected chi connectivity index (χ1v) is 8.78. The molecule has 0 radical (unpaired) electrons. The maximum absolute atomic E-state index is 9.31. The summed E-state index contributed by atoms with van der Waals surface area (Å²) in [4.78, 5) is 11.3. The molecule has 1 aliphatic heterocycles. The monoisotopic (exact) mass is 348 g/mol. The number of hydrogen-bond donors (Lipinski definition) is 0. The van der Waals surface area contributed by atoms with Gasteiger partial charge in [-0.05, 0) is 42.2 Å². The lowest BCUT2D eigenvalue weighted by molar-refractivity contribution is 0.491. The third-order valence-electron chi connectivity index (χ3n) is 4.70. The zero-order valence-corrected chi connectivity index (χ0v) is 14.4. The van der Waals surface area contributed by atoms with E-state index in [1.54, 1.807) is 6.33 Å². The number of piperidine rings is 1. The van der Waals surface area contributed by atoms with E-state index in [1.807, 2.05) is 36.4 Å². The van der Waals surface area contributed by atoms with Crippen LogP contribution in [0.5, 0.6) is 0 Å². The second-order valence-corrected chi connectivity index (χ2v) is 6.75. The lowest BCUT2D eigenvalue weighted by Crippen LogP contribution is -2.35. The Morgan fingerprint density at radius 3 is 2.76 bits per heavy atom. The fraction of sp³-hybridized carbons (Fsp3) is 0.250. The minimum atomic E-state index is 0.0569. The van der Waals surface area contributed by atoms with E-state index < -0.39 is 0 Å². The van der Waals surface area contributed by atoms with Crippen molar-refractivity contribution in [1.82, 2.24) is 9.97 Å². The van der Waals surface area contributed by atoms with Crippen LogP contribution in [-0.4, -0.2) is 23.1 Å². The van der Waals surface area contributed by atoms with Crippen molar-refractivity contribution in [1.29, 1.82) is 5.26 Å². The van der Waals surface area contributed by atoms with Gasteiger partial charge in [0.1, 0.15) is 12.1 Å². The Labute approximate surface area is 151 Å². The molecule has 0 saturated carbocycles. The van der Waals surface area contributed by atoms with E-state index in [-0.39, 0.29) is 5.92 Å². The predicted molar refractivity (Wildman–Crippen MR) is 101 cm³/mol. The Bertz CT molecular complexity index is 941. The summed E-state index contributed by atoms with van der Waals surface area (Å²) < 4.78 is 0. The number of fused-ring (bicyclic) bond motifs is 1. The molecule has 0 bridgehead atoms. The summed E-state index contributed by atoms with van der Waals surface area (Å²) >= 11 is 6.04. The predicted octanol–water partition coefficient (Wildman–Crippen LogP) is 4.69. The molecule has 0 amide bonds. The highest BCUT2D eigenvalue weighted by Crippen LogP contribution is 2.35. The van der Waals surface area contributed by atoms with Gasteiger partial charge in [0.2, 0.25) is 0 Å². The van der Waals surface area contributed by atoms with Gasteiger partial charge in [-0.25, -0.2) is 9.97 Å². The lowest BCUT2D eigenvalue weighted by Gasteiger charge is -2.31. The summed E-state index contributed by atoms with van der Waals surface area (Å²) in [7, 11) is 0. The number of nitriles is 1. The molecule has 2 heterocycles. The van der Waals surface area contributed by atoms with Crippen LogP contribution in [0.3, 0.4) is 0 Å². The van der Waals surface area contributed by atoms with Crippen molar-refractivity contribution < 1.29 is 0 Å². The zero-order valence-electron chi connectivity index (χ0n) is 13.7. The largest absolute Gasteiger partial charge is 0.355 e. The standard InChI is InChI=1S/C20H17ClN4/c21-16-8-6-15(7-9-16)17-4-1-5-18-19(17)20(24-13-23-18)25-10-2-3-14(11-22)12-25/h1,4-9,13-14H,2-3,10,12H2. The highest BCUT2D eigenvalue weighted by Gasteiger charge is 2.23. The van der Waals surface area contributed by atoms with E-state index in [9.17, 15) is 5.26 Å². The second-order valence-electron chi connectivity index (χ2n) is 6.32. The molecule has 0 spiro atoms. The number of halogens is 1. The van der Waals surface area contributed by atoms with E-state index >= 15 is 0 Å². The van der Waals surface area contributed by atoms with Crippen LogP contribution < -0.4 is 4.90 Å². The zero-order chi connectivity index (χ0) is 17.2. The highest BCUT2D eigenvalue weighted by molar-refractivity contribution is 6.30. The van der Waals surface area contributed by atoms with Crippen LogP contribution in [-0.2, 0) is 0 Å². The van der Waals surface area contributed by atoms with Gasteiger partial charge in [0.05, 0.1) is 22.9 Å². The SMILES string of the molecule is N#CC1CCCN(c2ncnc3cccc(-c4ccc(Cl)cc4)c23)C1. The molecule has 1 atom stereocenters. The number of benzene rings is 2. The molecule has 124 valence electrons. The van der Waals surface area contributed by atoms with Crippen molar-refractivity contribution >= 4 is 28.3 Å². The van der Waals surface area contributed by atoms with Gasteiger partial charge in [-0.15, -0.1) is 0 Å². The topological polar surface area (TPSA) is 52.8 Å². The molecular formula is C20H17ClN4. The first-order valence-electron chi connectivity index (χ1n) is 8.40. The molecule has 3 aromatic rings.